The summed E-state index contributed by atoms with van der Waals surface area (Å²) in [6.45, 7) is 0.671. The number of halogens is 2. The first-order chi connectivity index (χ1) is 11.6. The number of hydrogen-bond acceptors (Lipinski definition) is 3. The number of fused-ring (bicyclic) bond motifs is 1. The van der Waals surface area contributed by atoms with E-state index in [2.05, 4.69) is 15.6 Å². The summed E-state index contributed by atoms with van der Waals surface area (Å²) >= 11 is 6.36. The van der Waals surface area contributed by atoms with Gasteiger partial charge in [0.1, 0.15) is 6.04 Å². The molecule has 1 aliphatic heterocycles. The van der Waals surface area contributed by atoms with Gasteiger partial charge >= 0.3 is 0 Å². The standard InChI is InChI=1S/C18H18ClN3O2.ClH.H2/c19-14-7-11-6-12(9-21-16(11)8-13(14)10-3-4-10)17(23)22-15-2-1-5-20-18(15)24;;/h6-10,15H,1-5H2,(H,20,24)(H,22,23);2*1H/t15-;;/m0../s1. The van der Waals surface area contributed by atoms with Crippen LogP contribution in [0.5, 0.6) is 0 Å². The van der Waals surface area contributed by atoms with Crippen molar-refractivity contribution >= 4 is 46.7 Å². The highest BCUT2D eigenvalue weighted by Gasteiger charge is 2.27. The van der Waals surface area contributed by atoms with Crippen LogP contribution in [-0.4, -0.2) is 29.4 Å². The minimum atomic E-state index is -0.470. The van der Waals surface area contributed by atoms with Gasteiger partial charge in [-0.3, -0.25) is 14.6 Å². The van der Waals surface area contributed by atoms with Crippen LogP contribution in [0.25, 0.3) is 10.9 Å². The number of aromatic nitrogens is 1. The SMILES string of the molecule is Cl.O=C(N[C@H]1CCCNC1=O)c1cnc2cc(C3CC3)c(Cl)cc2c1.[HH]. The van der Waals surface area contributed by atoms with Crippen molar-refractivity contribution in [3.8, 4) is 0 Å². The van der Waals surface area contributed by atoms with Gasteiger partial charge in [0.15, 0.2) is 0 Å². The predicted molar refractivity (Wildman–Crippen MR) is 102 cm³/mol. The van der Waals surface area contributed by atoms with Crippen LogP contribution < -0.4 is 10.6 Å². The lowest BCUT2D eigenvalue weighted by molar-refractivity contribution is -0.124. The van der Waals surface area contributed by atoms with Gasteiger partial charge in [0.05, 0.1) is 11.1 Å². The maximum absolute atomic E-state index is 12.4. The van der Waals surface area contributed by atoms with Crippen molar-refractivity contribution in [2.75, 3.05) is 6.54 Å². The second-order valence-corrected chi connectivity index (χ2v) is 6.93. The molecule has 25 heavy (non-hydrogen) atoms. The zero-order valence-electron chi connectivity index (χ0n) is 13.5. The largest absolute Gasteiger partial charge is 0.354 e. The molecule has 7 heteroatoms. The van der Waals surface area contributed by atoms with E-state index >= 15 is 0 Å². The quantitative estimate of drug-likeness (QED) is 0.854. The zero-order chi connectivity index (χ0) is 16.7. The molecule has 134 valence electrons. The Morgan fingerprint density at radius 2 is 2.08 bits per heavy atom. The van der Waals surface area contributed by atoms with Gasteiger partial charge in [-0.25, -0.2) is 0 Å². The number of nitrogens with one attached hydrogen (secondary N) is 2. The Kier molecular flexibility index (Phi) is 5.16. The molecular weight excluding hydrogens is 361 g/mol. The lowest BCUT2D eigenvalue weighted by Crippen LogP contribution is -2.50. The molecule has 2 fully saturated rings. The van der Waals surface area contributed by atoms with Gasteiger partial charge in [-0.1, -0.05) is 11.6 Å². The highest BCUT2D eigenvalue weighted by molar-refractivity contribution is 6.32. The Morgan fingerprint density at radius 3 is 2.80 bits per heavy atom. The maximum atomic E-state index is 12.4. The van der Waals surface area contributed by atoms with E-state index in [0.717, 1.165) is 27.9 Å². The number of amides is 2. The Labute approximate surface area is 158 Å². The molecule has 2 N–H and O–H groups in total. The van der Waals surface area contributed by atoms with Gasteiger partial charge < -0.3 is 10.6 Å². The van der Waals surface area contributed by atoms with Crippen LogP contribution in [-0.2, 0) is 4.79 Å². The van der Waals surface area contributed by atoms with Gasteiger partial charge in [0.25, 0.3) is 5.91 Å². The predicted octanol–water partition coefficient (Wildman–Crippen LogP) is 3.44. The lowest BCUT2D eigenvalue weighted by atomic mass is 10.0. The molecule has 1 aromatic heterocycles. The molecule has 1 atom stereocenters. The molecule has 2 amide bonds. The Balaban J connectivity index is 0.00000121. The number of nitrogens with zero attached hydrogens (tertiary/aromatic N) is 1. The molecule has 2 heterocycles. The van der Waals surface area contributed by atoms with Crippen molar-refractivity contribution in [2.24, 2.45) is 0 Å². The molecule has 0 bridgehead atoms. The monoisotopic (exact) mass is 381 g/mol. The summed E-state index contributed by atoms with van der Waals surface area (Å²) in [6.07, 6.45) is 5.44. The first-order valence-corrected chi connectivity index (χ1v) is 8.67. The topological polar surface area (TPSA) is 71.1 Å². The number of carbonyl (C=O) groups is 2. The third-order valence-electron chi connectivity index (χ3n) is 4.67. The van der Waals surface area contributed by atoms with E-state index in [1.165, 1.54) is 12.8 Å². The molecule has 5 nitrogen and oxygen atoms in total. The van der Waals surface area contributed by atoms with Crippen LogP contribution in [0.4, 0.5) is 0 Å². The number of pyridine rings is 1. The summed E-state index contributed by atoms with van der Waals surface area (Å²) in [5.41, 5.74) is 2.43. The molecular formula is C18H21Cl2N3O2. The van der Waals surface area contributed by atoms with E-state index in [-0.39, 0.29) is 25.6 Å². The number of carbonyl (C=O) groups excluding carboxylic acids is 2. The second kappa shape index (κ2) is 7.18. The van der Waals surface area contributed by atoms with E-state index in [9.17, 15) is 9.59 Å². The molecule has 0 radical (unpaired) electrons. The van der Waals surface area contributed by atoms with Gasteiger partial charge in [0.2, 0.25) is 5.91 Å². The number of rotatable bonds is 3. The molecule has 1 aromatic carbocycles. The number of benzene rings is 1. The van der Waals surface area contributed by atoms with Crippen LogP contribution in [0.1, 0.15) is 48.9 Å². The summed E-state index contributed by atoms with van der Waals surface area (Å²) in [7, 11) is 0. The summed E-state index contributed by atoms with van der Waals surface area (Å²) < 4.78 is 0. The molecule has 2 aliphatic rings. The number of piperidine rings is 1. The smallest absolute Gasteiger partial charge is 0.253 e. The van der Waals surface area contributed by atoms with E-state index in [4.69, 9.17) is 11.6 Å². The van der Waals surface area contributed by atoms with Gasteiger partial charge in [-0.15, -0.1) is 12.4 Å². The van der Waals surface area contributed by atoms with Crippen LogP contribution in [0.3, 0.4) is 0 Å². The number of hydrogen-bond donors (Lipinski definition) is 2. The van der Waals surface area contributed by atoms with E-state index in [1.807, 2.05) is 12.1 Å². The molecule has 1 saturated carbocycles. The van der Waals surface area contributed by atoms with Crippen LogP contribution in [0, 0.1) is 0 Å². The fourth-order valence-electron chi connectivity index (χ4n) is 3.15. The minimum absolute atomic E-state index is 0. The second-order valence-electron chi connectivity index (χ2n) is 6.52. The highest BCUT2D eigenvalue weighted by atomic mass is 35.5. The van der Waals surface area contributed by atoms with Crippen molar-refractivity contribution in [2.45, 2.75) is 37.6 Å². The highest BCUT2D eigenvalue weighted by Crippen LogP contribution is 2.44. The summed E-state index contributed by atoms with van der Waals surface area (Å²) in [5, 5.41) is 7.11. The fraction of sp³-hybridized carbons (Fsp3) is 0.389. The molecule has 2 aromatic rings. The van der Waals surface area contributed by atoms with E-state index in [0.29, 0.717) is 24.4 Å². The first kappa shape index (κ1) is 18.0. The van der Waals surface area contributed by atoms with Gasteiger partial charge in [-0.2, -0.15) is 0 Å². The molecule has 1 aliphatic carbocycles. The summed E-state index contributed by atoms with van der Waals surface area (Å²) in [4.78, 5) is 28.6. The van der Waals surface area contributed by atoms with Crippen molar-refractivity contribution < 1.29 is 11.0 Å². The first-order valence-electron chi connectivity index (χ1n) is 8.29. The summed E-state index contributed by atoms with van der Waals surface area (Å²) in [5.74, 6) is 0.144. The zero-order valence-corrected chi connectivity index (χ0v) is 15.1. The van der Waals surface area contributed by atoms with E-state index in [1.54, 1.807) is 12.3 Å². The molecule has 4 rings (SSSR count). The third-order valence-corrected chi connectivity index (χ3v) is 5.00. The van der Waals surface area contributed by atoms with Crippen LogP contribution in [0.2, 0.25) is 5.02 Å². The van der Waals surface area contributed by atoms with Gasteiger partial charge in [-0.05, 0) is 55.4 Å². The third kappa shape index (κ3) is 3.72. The van der Waals surface area contributed by atoms with Gasteiger partial charge in [0, 0.05) is 24.6 Å². The van der Waals surface area contributed by atoms with Crippen molar-refractivity contribution in [1.82, 2.24) is 15.6 Å². The van der Waals surface area contributed by atoms with Crippen LogP contribution in [0.15, 0.2) is 24.4 Å². The van der Waals surface area contributed by atoms with Crippen molar-refractivity contribution in [1.29, 1.82) is 0 Å². The maximum Gasteiger partial charge on any atom is 0.253 e. The normalized spacial score (nSPS) is 19.9. The minimum Gasteiger partial charge on any atom is -0.354 e. The van der Waals surface area contributed by atoms with Crippen molar-refractivity contribution in [3.05, 3.63) is 40.5 Å². The molecule has 1 saturated heterocycles. The Morgan fingerprint density at radius 1 is 1.28 bits per heavy atom. The summed E-state index contributed by atoms with van der Waals surface area (Å²) in [6, 6.07) is 5.21. The van der Waals surface area contributed by atoms with Crippen molar-refractivity contribution in [3.63, 3.8) is 0 Å². The fourth-order valence-corrected chi connectivity index (χ4v) is 3.47. The Hall–Kier alpha value is -1.85. The average Bonchev–Trinajstić information content (AvgIpc) is 3.40. The van der Waals surface area contributed by atoms with Crippen LogP contribution >= 0.6 is 24.0 Å². The lowest BCUT2D eigenvalue weighted by Gasteiger charge is -2.22. The molecule has 0 spiro atoms. The Bertz CT molecular complexity index is 843. The molecule has 0 unspecified atom stereocenters. The van der Waals surface area contributed by atoms with E-state index < -0.39 is 6.04 Å². The average molecular weight is 382 g/mol.